The summed E-state index contributed by atoms with van der Waals surface area (Å²) < 4.78 is 38.8. The van der Waals surface area contributed by atoms with Crippen LogP contribution in [0.15, 0.2) is 48.5 Å². The van der Waals surface area contributed by atoms with E-state index in [-0.39, 0.29) is 52.1 Å². The van der Waals surface area contributed by atoms with Gasteiger partial charge in [0.25, 0.3) is 11.8 Å². The van der Waals surface area contributed by atoms with Crippen LogP contribution in [0.1, 0.15) is 37.8 Å². The number of amides is 3. The Labute approximate surface area is 246 Å². The number of para-hydroxylation sites is 1. The van der Waals surface area contributed by atoms with Crippen LogP contribution in [0.4, 0.5) is 28.6 Å². The zero-order chi connectivity index (χ0) is 32.0. The van der Waals surface area contributed by atoms with Crippen LogP contribution < -0.4 is 31.3 Å². The van der Waals surface area contributed by atoms with Gasteiger partial charge >= 0.3 is 0 Å². The van der Waals surface area contributed by atoms with E-state index < -0.39 is 18.8 Å². The zero-order valence-electron chi connectivity index (χ0n) is 25.9. The highest BCUT2D eigenvalue weighted by molar-refractivity contribution is 6.08. The second-order valence-electron chi connectivity index (χ2n) is 9.70. The molecule has 1 saturated carbocycles. The Hall–Kier alpha value is -4.75. The molecule has 1 atom stereocenters. The molecular formula is C29H33N7O6. The van der Waals surface area contributed by atoms with Gasteiger partial charge in [-0.2, -0.15) is 0 Å². The molecule has 0 bridgehead atoms. The molecule has 5 N–H and O–H groups in total. The average Bonchev–Trinajstić information content (AvgIpc) is 3.86. The number of methoxy groups -OCH3 is 1. The summed E-state index contributed by atoms with van der Waals surface area (Å²) in [5.74, 6) is -1.63. The monoisotopic (exact) mass is 578 g/mol. The Morgan fingerprint density at radius 3 is 2.52 bits per heavy atom. The highest BCUT2D eigenvalue weighted by Gasteiger charge is 2.30. The van der Waals surface area contributed by atoms with Crippen molar-refractivity contribution in [1.82, 2.24) is 15.5 Å². The predicted molar refractivity (Wildman–Crippen MR) is 156 cm³/mol. The average molecular weight is 579 g/mol. The molecule has 220 valence electrons. The lowest BCUT2D eigenvalue weighted by molar-refractivity contribution is -0.117. The first-order valence-electron chi connectivity index (χ1n) is 14.9. The lowest BCUT2D eigenvalue weighted by Gasteiger charge is -2.23. The Morgan fingerprint density at radius 2 is 1.81 bits per heavy atom. The number of nitrogens with one attached hydrogen (secondary N) is 5. The van der Waals surface area contributed by atoms with Crippen LogP contribution in [0.2, 0.25) is 0 Å². The van der Waals surface area contributed by atoms with Crippen molar-refractivity contribution in [2.45, 2.75) is 18.9 Å². The van der Waals surface area contributed by atoms with Crippen molar-refractivity contribution < 1.29 is 32.7 Å². The van der Waals surface area contributed by atoms with E-state index in [0.29, 0.717) is 32.1 Å². The Kier molecular flexibility index (Phi) is 7.90. The summed E-state index contributed by atoms with van der Waals surface area (Å²) in [5.41, 5.74) is 1.53. The van der Waals surface area contributed by atoms with E-state index in [4.69, 9.17) is 18.3 Å². The van der Waals surface area contributed by atoms with Crippen molar-refractivity contribution in [1.29, 1.82) is 0 Å². The molecule has 1 saturated heterocycles. The number of ether oxygens (including phenoxy) is 3. The molecule has 3 aromatic rings. The molecule has 42 heavy (non-hydrogen) atoms. The Morgan fingerprint density at radius 1 is 1.00 bits per heavy atom. The van der Waals surface area contributed by atoms with Crippen LogP contribution >= 0.6 is 0 Å². The number of nitrogens with zero attached hydrogens (tertiary/aromatic N) is 2. The molecular weight excluding hydrogens is 542 g/mol. The number of rotatable bonds is 11. The molecule has 13 heteroatoms. The minimum Gasteiger partial charge on any atom is -0.494 e. The molecule has 0 unspecified atom stereocenters. The third-order valence-corrected chi connectivity index (χ3v) is 6.62. The van der Waals surface area contributed by atoms with Crippen LogP contribution in [0.5, 0.6) is 5.75 Å². The van der Waals surface area contributed by atoms with Crippen LogP contribution in [-0.2, 0) is 14.3 Å². The first-order chi connectivity index (χ1) is 21.6. The normalized spacial score (nSPS) is 17.5. The van der Waals surface area contributed by atoms with Crippen LogP contribution in [-0.4, -0.2) is 74.5 Å². The summed E-state index contributed by atoms with van der Waals surface area (Å²) in [5, 5.41) is 21.4. The highest BCUT2D eigenvalue weighted by Crippen LogP contribution is 2.34. The molecule has 5 rings (SSSR count). The van der Waals surface area contributed by atoms with Gasteiger partial charge in [0, 0.05) is 41.0 Å². The fraction of sp³-hybridized carbons (Fsp3) is 0.345. The summed E-state index contributed by atoms with van der Waals surface area (Å²) in [6.45, 7) is -0.496. The first kappa shape index (κ1) is 25.0. The minimum atomic E-state index is -2.78. The summed E-state index contributed by atoms with van der Waals surface area (Å²) in [6, 6.07) is 13.3. The number of carbonyl (C=O) groups is 3. The number of hydrogen-bond acceptors (Lipinski definition) is 10. The van der Waals surface area contributed by atoms with Crippen LogP contribution in [0, 0.1) is 5.92 Å². The van der Waals surface area contributed by atoms with Gasteiger partial charge in [-0.05, 0) is 49.2 Å². The molecule has 2 heterocycles. The molecule has 3 amide bonds. The van der Waals surface area contributed by atoms with Gasteiger partial charge in [0.2, 0.25) is 5.91 Å². The maximum absolute atomic E-state index is 13.3. The van der Waals surface area contributed by atoms with Crippen LogP contribution in [0.25, 0.3) is 0 Å². The molecule has 1 aromatic heterocycles. The highest BCUT2D eigenvalue weighted by atomic mass is 16.6. The SMILES string of the molecule is [2H]C([2H])([2H])NC(=O)c1nnc(NC(=O)C2CC2)cc1Nc1cccc(C(=O)Nc2ccc(NC[C@H]3COCCO3)cc2)c1OC. The fourth-order valence-electron chi connectivity index (χ4n) is 4.28. The Balaban J connectivity index is 1.33. The molecule has 2 aliphatic rings. The van der Waals surface area contributed by atoms with Crippen molar-refractivity contribution in [3.05, 3.63) is 59.8 Å². The molecule has 2 aromatic carbocycles. The Bertz CT molecular complexity index is 1540. The number of anilines is 5. The van der Waals surface area contributed by atoms with Crippen LogP contribution in [0.3, 0.4) is 0 Å². The van der Waals surface area contributed by atoms with Gasteiger partial charge in [0.15, 0.2) is 17.3 Å². The van der Waals surface area contributed by atoms with Gasteiger partial charge in [-0.25, -0.2) is 0 Å². The van der Waals surface area contributed by atoms with Gasteiger partial charge in [-0.3, -0.25) is 14.4 Å². The molecule has 1 aliphatic carbocycles. The van der Waals surface area contributed by atoms with Gasteiger partial charge in [-0.1, -0.05) is 6.07 Å². The van der Waals surface area contributed by atoms with Gasteiger partial charge in [-0.15, -0.1) is 10.2 Å². The van der Waals surface area contributed by atoms with Crippen molar-refractivity contribution in [3.8, 4) is 5.75 Å². The van der Waals surface area contributed by atoms with Crippen molar-refractivity contribution in [2.75, 3.05) is 61.7 Å². The second-order valence-corrected chi connectivity index (χ2v) is 9.70. The standard InChI is InChI=1S/C29H33N7O6/c1-30-29(39)25-23(14-24(35-36-25)34-27(37)17-6-7-17)33-22-5-3-4-21(26(22)40-2)28(38)32-19-10-8-18(9-11-19)31-15-20-16-41-12-13-42-20/h3-5,8-11,14,17,20,31H,6-7,12-13,15-16H2,1-2H3,(H,30,39)(H,32,38)(H2,33,34,35,37)/t20-/m0/s1/i1D3. The third kappa shape index (κ3) is 7.11. The van der Waals surface area contributed by atoms with Crippen molar-refractivity contribution in [2.24, 2.45) is 5.92 Å². The molecule has 0 radical (unpaired) electrons. The van der Waals surface area contributed by atoms with E-state index in [9.17, 15) is 14.4 Å². The number of hydrogen-bond donors (Lipinski definition) is 5. The first-order valence-corrected chi connectivity index (χ1v) is 13.4. The van der Waals surface area contributed by atoms with Gasteiger partial charge < -0.3 is 40.8 Å². The zero-order valence-corrected chi connectivity index (χ0v) is 22.9. The van der Waals surface area contributed by atoms with E-state index in [0.717, 1.165) is 18.5 Å². The summed E-state index contributed by atoms with van der Waals surface area (Å²) >= 11 is 0. The smallest absolute Gasteiger partial charge is 0.273 e. The largest absolute Gasteiger partial charge is 0.494 e. The van der Waals surface area contributed by atoms with Crippen molar-refractivity contribution in [3.63, 3.8) is 0 Å². The van der Waals surface area contributed by atoms with Crippen molar-refractivity contribution >= 4 is 46.3 Å². The summed E-state index contributed by atoms with van der Waals surface area (Å²) in [7, 11) is 1.38. The topological polar surface area (TPSA) is 165 Å². The lowest BCUT2D eigenvalue weighted by atomic mass is 10.1. The van der Waals surface area contributed by atoms with Gasteiger partial charge in [0.05, 0.1) is 50.0 Å². The lowest BCUT2D eigenvalue weighted by Crippen LogP contribution is -2.34. The molecule has 0 spiro atoms. The predicted octanol–water partition coefficient (Wildman–Crippen LogP) is 3.02. The summed E-state index contributed by atoms with van der Waals surface area (Å²) in [6.07, 6.45) is 1.50. The number of benzene rings is 2. The molecule has 13 nitrogen and oxygen atoms in total. The quantitative estimate of drug-likeness (QED) is 0.228. The number of carbonyl (C=O) groups excluding carboxylic acids is 3. The van der Waals surface area contributed by atoms with E-state index in [1.165, 1.54) is 13.2 Å². The van der Waals surface area contributed by atoms with E-state index >= 15 is 0 Å². The molecule has 2 fully saturated rings. The maximum atomic E-state index is 13.3. The van der Waals surface area contributed by atoms with E-state index in [2.05, 4.69) is 31.5 Å². The van der Waals surface area contributed by atoms with E-state index in [1.807, 2.05) is 17.4 Å². The second kappa shape index (κ2) is 13.3. The fourth-order valence-corrected chi connectivity index (χ4v) is 4.28. The third-order valence-electron chi connectivity index (χ3n) is 6.62. The number of aromatic nitrogens is 2. The van der Waals surface area contributed by atoms with Gasteiger partial charge in [0.1, 0.15) is 0 Å². The molecule has 1 aliphatic heterocycles. The van der Waals surface area contributed by atoms with E-state index in [1.54, 1.807) is 30.3 Å². The summed E-state index contributed by atoms with van der Waals surface area (Å²) in [4.78, 5) is 38.4. The maximum Gasteiger partial charge on any atom is 0.273 e. The minimum absolute atomic E-state index is 0.0296.